The number of aromatic hydroxyl groups is 5. The molecule has 61 heavy (non-hydrogen) atoms. The zero-order valence-corrected chi connectivity index (χ0v) is 31.5. The first-order valence-corrected chi connectivity index (χ1v) is 18.6. The lowest BCUT2D eigenvalue weighted by Gasteiger charge is -2.45. The van der Waals surface area contributed by atoms with Crippen molar-refractivity contribution in [2.24, 2.45) is 0 Å². The smallest absolute Gasteiger partial charge is 0.402 e. The Morgan fingerprint density at radius 3 is 2.03 bits per heavy atom. The number of hydrogen-bond donors (Lipinski definition) is 13. The molecule has 0 radical (unpaired) electrons. The minimum absolute atomic E-state index is 0.0380. The fourth-order valence-electron chi connectivity index (χ4n) is 6.82. The second-order valence-corrected chi connectivity index (χ2v) is 14.5. The summed E-state index contributed by atoms with van der Waals surface area (Å²) in [4.78, 5) is 12.5. The number of aliphatic hydroxyl groups is 8. The molecule has 13 N–H and O–H groups in total. The SMILES string of the molecule is O=C(OC[C@H]1O[C@@H](OC[C@H]2O[C@@H](Oc3cc4c(O)cc(O)cc4[o+]c3-c3ccc(O)c(O)c3)[C@H](O[C@@H]3OC[C@@H](O)[C@H](O)[C@H]3O)[C@@H](O)[C@H]2O)[C@H](O)[C@@H](O)[C@@H]1O)c1ccc(O)cc1. The Hall–Kier alpha value is -5.18. The molecule has 22 heteroatoms. The maximum atomic E-state index is 12.5. The third-order valence-corrected chi connectivity index (χ3v) is 10.3. The fraction of sp³-hybridized carbons (Fsp3) is 0.436. The quantitative estimate of drug-likeness (QED) is 0.0451. The van der Waals surface area contributed by atoms with Crippen LogP contribution in [0.5, 0.6) is 34.5 Å². The molecule has 22 nitrogen and oxygen atoms in total. The van der Waals surface area contributed by atoms with Crippen molar-refractivity contribution < 1.29 is 109 Å². The number of rotatable bonds is 11. The van der Waals surface area contributed by atoms with Crippen LogP contribution in [-0.4, -0.2) is 178 Å². The summed E-state index contributed by atoms with van der Waals surface area (Å²) < 4.78 is 45.9. The number of phenolic OH excluding ortho intramolecular Hbond substituents is 5. The van der Waals surface area contributed by atoms with Gasteiger partial charge in [-0.25, -0.2) is 9.21 Å². The number of aliphatic hydroxyl groups excluding tert-OH is 8. The second-order valence-electron chi connectivity index (χ2n) is 14.5. The number of ether oxygens (including phenoxy) is 7. The van der Waals surface area contributed by atoms with Crippen LogP contribution in [0.3, 0.4) is 0 Å². The number of fused-ring (bicyclic) bond motifs is 1. The third-order valence-electron chi connectivity index (χ3n) is 10.3. The molecule has 3 aliphatic heterocycles. The Morgan fingerprint density at radius 2 is 1.31 bits per heavy atom. The third kappa shape index (κ3) is 9.22. The minimum Gasteiger partial charge on any atom is -0.508 e. The van der Waals surface area contributed by atoms with E-state index in [2.05, 4.69) is 0 Å². The van der Waals surface area contributed by atoms with E-state index in [0.29, 0.717) is 0 Å². The first-order valence-electron chi connectivity index (χ1n) is 18.6. The average molecular weight is 864 g/mol. The Bertz CT molecular complexity index is 2170. The van der Waals surface area contributed by atoms with Crippen LogP contribution >= 0.6 is 0 Å². The van der Waals surface area contributed by atoms with Gasteiger partial charge in [0.05, 0.1) is 30.4 Å². The largest absolute Gasteiger partial charge is 0.508 e. The zero-order valence-electron chi connectivity index (χ0n) is 31.5. The van der Waals surface area contributed by atoms with Crippen LogP contribution in [0.2, 0.25) is 0 Å². The van der Waals surface area contributed by atoms with Crippen molar-refractivity contribution in [3.63, 3.8) is 0 Å². The number of carbonyl (C=O) groups excluding carboxylic acids is 1. The maximum absolute atomic E-state index is 12.5. The number of hydrogen-bond acceptors (Lipinski definition) is 21. The van der Waals surface area contributed by atoms with Crippen LogP contribution in [0.15, 0.2) is 65.1 Å². The molecule has 0 unspecified atom stereocenters. The normalized spacial score (nSPS) is 33.0. The van der Waals surface area contributed by atoms with Crippen LogP contribution in [0.4, 0.5) is 0 Å². The molecular formula is C39H43O22+. The van der Waals surface area contributed by atoms with Gasteiger partial charge >= 0.3 is 17.3 Å². The molecule has 3 fully saturated rings. The van der Waals surface area contributed by atoms with Crippen molar-refractivity contribution in [2.75, 3.05) is 19.8 Å². The van der Waals surface area contributed by atoms with Gasteiger partial charge in [-0.1, -0.05) is 0 Å². The lowest BCUT2D eigenvalue weighted by molar-refractivity contribution is -0.353. The average Bonchev–Trinajstić information content (AvgIpc) is 3.23. The molecule has 0 aliphatic carbocycles. The molecule has 14 atom stereocenters. The predicted octanol–water partition coefficient (Wildman–Crippen LogP) is -1.76. The fourth-order valence-corrected chi connectivity index (χ4v) is 6.82. The van der Waals surface area contributed by atoms with Gasteiger partial charge in [0, 0.05) is 18.2 Å². The van der Waals surface area contributed by atoms with Crippen molar-refractivity contribution in [3.05, 3.63) is 66.2 Å². The monoisotopic (exact) mass is 863 g/mol. The van der Waals surface area contributed by atoms with Crippen molar-refractivity contribution in [1.82, 2.24) is 0 Å². The van der Waals surface area contributed by atoms with E-state index in [0.717, 1.165) is 24.3 Å². The summed E-state index contributed by atoms with van der Waals surface area (Å²) in [6.45, 7) is -1.93. The van der Waals surface area contributed by atoms with Crippen LogP contribution in [-0.2, 0) is 28.4 Å². The Morgan fingerprint density at radius 1 is 0.639 bits per heavy atom. The van der Waals surface area contributed by atoms with E-state index in [1.54, 1.807) is 0 Å². The maximum Gasteiger partial charge on any atom is 0.402 e. The van der Waals surface area contributed by atoms with Crippen molar-refractivity contribution >= 4 is 16.9 Å². The number of benzene rings is 3. The minimum atomic E-state index is -2.02. The van der Waals surface area contributed by atoms with E-state index in [9.17, 15) is 71.2 Å². The molecule has 0 spiro atoms. The standard InChI is InChI=1S/C39H42O22/c40-16-4-1-14(2-5-16)36(53)54-12-25-28(47)30(49)33(52)37(59-25)56-13-26-29(48)31(50)35(61-38-32(51)27(46)22(45)11-55-38)39(60-26)58-24-10-18-20(43)8-17(41)9-23(18)57-34(24)15-3-6-19(42)21(44)7-15/h1-10,22,25-33,35,37-39,45-52H,11-13H2,(H4-,40,41,42,43,44,53)/p+1/t22-,25-,26-,27+,28-,29+,30+,31+,32-,33-,35-,37-,38+,39-/m1/s1. The van der Waals surface area contributed by atoms with Crippen molar-refractivity contribution in [1.29, 1.82) is 0 Å². The molecule has 3 saturated heterocycles. The summed E-state index contributed by atoms with van der Waals surface area (Å²) in [5.74, 6) is -3.48. The van der Waals surface area contributed by atoms with Crippen LogP contribution < -0.4 is 4.74 Å². The van der Waals surface area contributed by atoms with Gasteiger partial charge in [-0.15, -0.1) is 0 Å². The Labute approximate surface area is 343 Å². The molecule has 330 valence electrons. The number of esters is 1. The van der Waals surface area contributed by atoms with Gasteiger partial charge in [-0.05, 0) is 36.4 Å². The summed E-state index contributed by atoms with van der Waals surface area (Å²) in [5.41, 5.74) is 0.00149. The molecule has 4 aromatic rings. The molecule has 0 amide bonds. The van der Waals surface area contributed by atoms with E-state index in [-0.39, 0.29) is 45.1 Å². The molecule has 0 saturated carbocycles. The molecule has 3 aromatic carbocycles. The van der Waals surface area contributed by atoms with Gasteiger partial charge in [0.1, 0.15) is 90.3 Å². The lowest BCUT2D eigenvalue weighted by atomic mass is 9.97. The summed E-state index contributed by atoms with van der Waals surface area (Å²) in [5, 5.41) is 136. The van der Waals surface area contributed by atoms with Gasteiger partial charge < -0.3 is 99.5 Å². The summed E-state index contributed by atoms with van der Waals surface area (Å²) in [6.07, 6.45) is -25.1. The molecule has 7 rings (SSSR count). The van der Waals surface area contributed by atoms with Gasteiger partial charge in [0.15, 0.2) is 30.2 Å². The topological polar surface area (TPSA) is 356 Å². The first kappa shape index (κ1) is 43.9. The van der Waals surface area contributed by atoms with Crippen molar-refractivity contribution in [3.8, 4) is 45.8 Å². The summed E-state index contributed by atoms with van der Waals surface area (Å²) in [6, 6.07) is 11.9. The molecule has 1 aromatic heterocycles. The van der Waals surface area contributed by atoms with Gasteiger partial charge in [-0.2, -0.15) is 0 Å². The lowest BCUT2D eigenvalue weighted by Crippen LogP contribution is -2.64. The zero-order chi connectivity index (χ0) is 43.9. The van der Waals surface area contributed by atoms with Gasteiger partial charge in [0.25, 0.3) is 0 Å². The second kappa shape index (κ2) is 18.0. The highest BCUT2D eigenvalue weighted by atomic mass is 16.8. The van der Waals surface area contributed by atoms with E-state index < -0.39 is 129 Å². The van der Waals surface area contributed by atoms with E-state index >= 15 is 0 Å². The van der Waals surface area contributed by atoms with E-state index in [4.69, 9.17) is 37.6 Å². The Balaban J connectivity index is 1.16. The molecule has 0 bridgehead atoms. The highest BCUT2D eigenvalue weighted by molar-refractivity contribution is 5.90. The highest BCUT2D eigenvalue weighted by Gasteiger charge is 2.52. The predicted molar refractivity (Wildman–Crippen MR) is 198 cm³/mol. The van der Waals surface area contributed by atoms with Crippen LogP contribution in [0.1, 0.15) is 10.4 Å². The van der Waals surface area contributed by atoms with E-state index in [1.165, 1.54) is 36.4 Å². The van der Waals surface area contributed by atoms with E-state index in [1.807, 2.05) is 0 Å². The summed E-state index contributed by atoms with van der Waals surface area (Å²) in [7, 11) is 0. The van der Waals surface area contributed by atoms with Crippen LogP contribution in [0.25, 0.3) is 22.3 Å². The van der Waals surface area contributed by atoms with Crippen LogP contribution in [0, 0.1) is 0 Å². The van der Waals surface area contributed by atoms with Crippen molar-refractivity contribution in [2.45, 2.75) is 86.0 Å². The Kier molecular flexibility index (Phi) is 13.0. The summed E-state index contributed by atoms with van der Waals surface area (Å²) >= 11 is 0. The molecule has 3 aliphatic rings. The van der Waals surface area contributed by atoms with Gasteiger partial charge in [0.2, 0.25) is 12.0 Å². The first-order chi connectivity index (χ1) is 29.0. The molecule has 4 heterocycles. The van der Waals surface area contributed by atoms with Gasteiger partial charge in [-0.3, -0.25) is 0 Å². The number of phenols is 5. The molecular weight excluding hydrogens is 820 g/mol. The highest BCUT2D eigenvalue weighted by Crippen LogP contribution is 2.43. The number of carbonyl (C=O) groups is 1.